The Morgan fingerprint density at radius 3 is 2.77 bits per heavy atom. The van der Waals surface area contributed by atoms with E-state index in [1.54, 1.807) is 0 Å². The van der Waals surface area contributed by atoms with Gasteiger partial charge in [0.05, 0.1) is 11.4 Å². The highest BCUT2D eigenvalue weighted by Crippen LogP contribution is 2.22. The highest BCUT2D eigenvalue weighted by molar-refractivity contribution is 9.10. The zero-order valence-corrected chi connectivity index (χ0v) is 13.6. The average Bonchev–Trinajstić information content (AvgIpc) is 2.51. The molecule has 1 heterocycles. The molecule has 0 saturated carbocycles. The van der Waals surface area contributed by atoms with Gasteiger partial charge in [-0.2, -0.15) is 5.10 Å². The molecular weight excluding hydrogens is 372 g/mol. The number of hydrazone groups is 1. The van der Waals surface area contributed by atoms with Crippen molar-refractivity contribution in [3.05, 3.63) is 64.1 Å². The molecule has 2 aromatic rings. The smallest absolute Gasteiger partial charge is 0.182 e. The topological polar surface area (TPSA) is 36.8 Å². The molecule has 3 rings (SSSR count). The molecule has 7 heteroatoms. The Balaban J connectivity index is 1.81. The number of halogens is 3. The fourth-order valence-corrected chi connectivity index (χ4v) is 3.05. The van der Waals surface area contributed by atoms with E-state index < -0.39 is 11.6 Å². The third kappa shape index (κ3) is 3.53. The molecule has 0 unspecified atom stereocenters. The van der Waals surface area contributed by atoms with Crippen LogP contribution in [0.2, 0.25) is 0 Å². The Morgan fingerprint density at radius 2 is 2.05 bits per heavy atom. The second-order valence-corrected chi connectivity index (χ2v) is 6.36. The number of amidine groups is 1. The van der Waals surface area contributed by atoms with E-state index >= 15 is 0 Å². The van der Waals surface area contributed by atoms with Gasteiger partial charge in [0.15, 0.2) is 5.17 Å². The van der Waals surface area contributed by atoms with Gasteiger partial charge in [-0.25, -0.2) is 13.8 Å². The summed E-state index contributed by atoms with van der Waals surface area (Å²) < 4.78 is 27.9. The number of nitrogens with one attached hydrogen (secondary N) is 1. The first-order chi connectivity index (χ1) is 10.6. The van der Waals surface area contributed by atoms with Crippen LogP contribution in [-0.4, -0.2) is 16.6 Å². The highest BCUT2D eigenvalue weighted by atomic mass is 79.9. The maximum atomic E-state index is 13.7. The van der Waals surface area contributed by atoms with E-state index in [2.05, 4.69) is 31.4 Å². The molecule has 0 radical (unpaired) electrons. The van der Waals surface area contributed by atoms with Gasteiger partial charge in [0, 0.05) is 15.8 Å². The number of hydrogen-bond acceptors (Lipinski definition) is 3. The maximum absolute atomic E-state index is 13.7. The molecule has 0 aromatic heterocycles. The van der Waals surface area contributed by atoms with Gasteiger partial charge in [-0.05, 0) is 36.4 Å². The molecule has 0 bridgehead atoms. The molecule has 0 atom stereocenters. The van der Waals surface area contributed by atoms with Crippen molar-refractivity contribution in [2.24, 2.45) is 10.1 Å². The largest absolute Gasteiger partial charge is 0.255 e. The van der Waals surface area contributed by atoms with Crippen molar-refractivity contribution in [2.75, 3.05) is 5.75 Å². The minimum Gasteiger partial charge on any atom is -0.255 e. The fraction of sp³-hybridized carbons (Fsp3) is 0.0667. The lowest BCUT2D eigenvalue weighted by atomic mass is 10.1. The predicted molar refractivity (Wildman–Crippen MR) is 89.7 cm³/mol. The third-order valence-corrected chi connectivity index (χ3v) is 4.28. The summed E-state index contributed by atoms with van der Waals surface area (Å²) in [6.45, 7) is 0. The first-order valence-corrected chi connectivity index (χ1v) is 8.15. The first kappa shape index (κ1) is 15.2. The van der Waals surface area contributed by atoms with Crippen LogP contribution in [0, 0.1) is 11.6 Å². The molecular formula is C15H10BrF2N3S. The molecule has 0 amide bonds. The molecule has 1 N–H and O–H groups in total. The number of thioether (sulfide) groups is 1. The quantitative estimate of drug-likeness (QED) is 0.833. The number of hydrogen-bond donors (Lipinski definition) is 1. The number of nitrogens with zero attached hydrogens (tertiary/aromatic N) is 2. The van der Waals surface area contributed by atoms with E-state index in [1.165, 1.54) is 11.8 Å². The molecule has 0 spiro atoms. The van der Waals surface area contributed by atoms with Crippen molar-refractivity contribution >= 4 is 44.3 Å². The van der Waals surface area contributed by atoms with E-state index in [0.29, 0.717) is 16.6 Å². The molecule has 0 saturated heterocycles. The fourth-order valence-electron chi connectivity index (χ4n) is 1.89. The van der Waals surface area contributed by atoms with Crippen LogP contribution in [0.15, 0.2) is 57.0 Å². The Labute approximate surface area is 138 Å². The Morgan fingerprint density at radius 1 is 1.18 bits per heavy atom. The van der Waals surface area contributed by atoms with E-state index in [-0.39, 0.29) is 5.56 Å². The molecule has 1 aliphatic heterocycles. The summed E-state index contributed by atoms with van der Waals surface area (Å²) in [6.07, 6.45) is 0. The van der Waals surface area contributed by atoms with Crippen molar-refractivity contribution in [2.45, 2.75) is 0 Å². The van der Waals surface area contributed by atoms with Gasteiger partial charge in [0.1, 0.15) is 11.6 Å². The predicted octanol–water partition coefficient (Wildman–Crippen LogP) is 4.46. The van der Waals surface area contributed by atoms with Gasteiger partial charge in [0.25, 0.3) is 0 Å². The second kappa shape index (κ2) is 6.58. The third-order valence-electron chi connectivity index (χ3n) is 2.91. The van der Waals surface area contributed by atoms with Crippen molar-refractivity contribution in [3.8, 4) is 0 Å². The molecule has 1 aliphatic rings. The van der Waals surface area contributed by atoms with Crippen LogP contribution in [0.3, 0.4) is 0 Å². The van der Waals surface area contributed by atoms with Crippen LogP contribution >= 0.6 is 27.7 Å². The van der Waals surface area contributed by atoms with Gasteiger partial charge in [0.2, 0.25) is 0 Å². The monoisotopic (exact) mass is 381 g/mol. The summed E-state index contributed by atoms with van der Waals surface area (Å²) in [4.78, 5) is 4.41. The summed E-state index contributed by atoms with van der Waals surface area (Å²) in [5, 5.41) is 4.71. The Hall–Kier alpha value is -1.73. The van der Waals surface area contributed by atoms with Crippen molar-refractivity contribution < 1.29 is 8.78 Å². The van der Waals surface area contributed by atoms with Crippen molar-refractivity contribution in [1.82, 2.24) is 5.43 Å². The number of rotatable bonds is 2. The summed E-state index contributed by atoms with van der Waals surface area (Å²) in [7, 11) is 0. The van der Waals surface area contributed by atoms with Crippen LogP contribution < -0.4 is 5.43 Å². The number of aliphatic imine (C=N–C) groups is 1. The summed E-state index contributed by atoms with van der Waals surface area (Å²) in [5.41, 5.74) is 4.18. The van der Waals surface area contributed by atoms with Crippen LogP contribution in [0.5, 0.6) is 0 Å². The van der Waals surface area contributed by atoms with Crippen molar-refractivity contribution in [3.63, 3.8) is 0 Å². The maximum Gasteiger partial charge on any atom is 0.182 e. The molecule has 3 nitrogen and oxygen atoms in total. The minimum atomic E-state index is -0.491. The standard InChI is InChI=1S/C15H10BrF2N3S/c16-9-2-1-3-11(6-9)19-15-21-20-14(8-22-15)12-7-10(17)4-5-13(12)18/h1-7H,8H2,(H,19,21). The lowest BCUT2D eigenvalue weighted by Gasteiger charge is -2.15. The lowest BCUT2D eigenvalue weighted by Crippen LogP contribution is -2.25. The van der Waals surface area contributed by atoms with Gasteiger partial charge >= 0.3 is 0 Å². The zero-order chi connectivity index (χ0) is 15.5. The van der Waals surface area contributed by atoms with Gasteiger partial charge in [-0.15, -0.1) is 0 Å². The van der Waals surface area contributed by atoms with E-state index in [0.717, 1.165) is 28.4 Å². The number of benzene rings is 2. The van der Waals surface area contributed by atoms with E-state index in [9.17, 15) is 8.78 Å². The molecule has 0 fully saturated rings. The summed E-state index contributed by atoms with van der Waals surface area (Å²) in [6, 6.07) is 10.9. The molecule has 22 heavy (non-hydrogen) atoms. The van der Waals surface area contributed by atoms with Crippen LogP contribution in [0.1, 0.15) is 5.56 Å². The second-order valence-electron chi connectivity index (χ2n) is 4.48. The summed E-state index contributed by atoms with van der Waals surface area (Å²) >= 11 is 4.77. The van der Waals surface area contributed by atoms with E-state index in [4.69, 9.17) is 0 Å². The van der Waals surface area contributed by atoms with Crippen LogP contribution in [0.25, 0.3) is 0 Å². The highest BCUT2D eigenvalue weighted by Gasteiger charge is 2.17. The van der Waals surface area contributed by atoms with E-state index in [1.807, 2.05) is 24.3 Å². The normalized spacial score (nSPS) is 16.3. The Kier molecular flexibility index (Phi) is 4.54. The minimum absolute atomic E-state index is 0.168. The molecule has 112 valence electrons. The van der Waals surface area contributed by atoms with Gasteiger partial charge in [-0.1, -0.05) is 33.8 Å². The lowest BCUT2D eigenvalue weighted by molar-refractivity contribution is 0.598. The first-order valence-electron chi connectivity index (χ1n) is 6.37. The zero-order valence-electron chi connectivity index (χ0n) is 11.2. The summed E-state index contributed by atoms with van der Waals surface area (Å²) in [5.74, 6) is -0.562. The molecule has 0 aliphatic carbocycles. The van der Waals surface area contributed by atoms with Gasteiger partial charge < -0.3 is 0 Å². The van der Waals surface area contributed by atoms with Crippen LogP contribution in [-0.2, 0) is 0 Å². The van der Waals surface area contributed by atoms with Gasteiger partial charge in [-0.3, -0.25) is 5.43 Å². The van der Waals surface area contributed by atoms with Crippen LogP contribution in [0.4, 0.5) is 14.5 Å². The molecule has 2 aromatic carbocycles. The van der Waals surface area contributed by atoms with Crippen molar-refractivity contribution in [1.29, 1.82) is 0 Å². The Bertz CT molecular complexity index is 777. The average molecular weight is 382 g/mol. The SMILES string of the molecule is Fc1ccc(F)c(C2=NNC(=Nc3cccc(Br)c3)SC2)c1.